The van der Waals surface area contributed by atoms with Crippen LogP contribution in [0.1, 0.15) is 39.0 Å². The van der Waals surface area contributed by atoms with Crippen molar-refractivity contribution in [2.75, 3.05) is 24.6 Å². The number of sulfone groups is 1. The monoisotopic (exact) mass is 324 g/mol. The number of carbonyl (C=O) groups is 1. The second-order valence-corrected chi connectivity index (χ2v) is 8.44. The van der Waals surface area contributed by atoms with Gasteiger partial charge in [0.25, 0.3) is 0 Å². The van der Waals surface area contributed by atoms with Gasteiger partial charge in [0.15, 0.2) is 9.84 Å². The van der Waals surface area contributed by atoms with Gasteiger partial charge in [-0.1, -0.05) is 12.8 Å². The van der Waals surface area contributed by atoms with E-state index in [9.17, 15) is 13.2 Å². The van der Waals surface area contributed by atoms with Gasteiger partial charge in [-0.3, -0.25) is 4.79 Å². The Hall–Kier alpha value is -0.330. The molecular weight excluding hydrogens is 300 g/mol. The lowest BCUT2D eigenvalue weighted by Gasteiger charge is -2.39. The molecule has 7 heteroatoms. The van der Waals surface area contributed by atoms with Gasteiger partial charge in [-0.15, -0.1) is 12.4 Å². The molecule has 1 saturated carbocycles. The first-order chi connectivity index (χ1) is 8.82. The summed E-state index contributed by atoms with van der Waals surface area (Å²) in [6.07, 6.45) is 4.35. The SMILES string of the molecule is CC1(N)CCCCC1C(=O)N1CCCS(=O)(=O)CC1.Cl. The molecule has 1 aliphatic carbocycles. The highest BCUT2D eigenvalue weighted by Gasteiger charge is 2.40. The fourth-order valence-electron chi connectivity index (χ4n) is 3.14. The van der Waals surface area contributed by atoms with Crippen LogP contribution in [-0.2, 0) is 14.6 Å². The zero-order chi connectivity index (χ0) is 14.1. The van der Waals surface area contributed by atoms with E-state index in [0.717, 1.165) is 25.7 Å². The summed E-state index contributed by atoms with van der Waals surface area (Å²) in [5.41, 5.74) is 5.81. The molecule has 1 amide bonds. The summed E-state index contributed by atoms with van der Waals surface area (Å²) in [6.45, 7) is 2.82. The van der Waals surface area contributed by atoms with Gasteiger partial charge < -0.3 is 10.6 Å². The van der Waals surface area contributed by atoms with Crippen LogP contribution in [-0.4, -0.2) is 49.4 Å². The number of amides is 1. The molecule has 1 saturated heterocycles. The van der Waals surface area contributed by atoms with E-state index in [4.69, 9.17) is 5.73 Å². The van der Waals surface area contributed by atoms with E-state index >= 15 is 0 Å². The van der Waals surface area contributed by atoms with E-state index in [-0.39, 0.29) is 35.7 Å². The van der Waals surface area contributed by atoms with Crippen LogP contribution in [0.15, 0.2) is 0 Å². The molecule has 5 nitrogen and oxygen atoms in total. The minimum atomic E-state index is -2.97. The quantitative estimate of drug-likeness (QED) is 0.779. The molecule has 2 fully saturated rings. The number of rotatable bonds is 1. The summed E-state index contributed by atoms with van der Waals surface area (Å²) in [5, 5.41) is 0. The van der Waals surface area contributed by atoms with Gasteiger partial charge in [0.05, 0.1) is 17.4 Å². The molecule has 1 heterocycles. The topological polar surface area (TPSA) is 80.5 Å². The highest BCUT2D eigenvalue weighted by atomic mass is 35.5. The summed E-state index contributed by atoms with van der Waals surface area (Å²) in [5.74, 6) is 0.192. The summed E-state index contributed by atoms with van der Waals surface area (Å²) in [7, 11) is -2.97. The molecule has 0 spiro atoms. The van der Waals surface area contributed by atoms with Crippen LogP contribution in [0, 0.1) is 5.92 Å². The van der Waals surface area contributed by atoms with Crippen molar-refractivity contribution in [1.29, 1.82) is 0 Å². The Morgan fingerprint density at radius 3 is 2.55 bits per heavy atom. The number of nitrogens with two attached hydrogens (primary N) is 1. The second-order valence-electron chi connectivity index (χ2n) is 6.13. The molecule has 0 aromatic heterocycles. The van der Waals surface area contributed by atoms with Crippen molar-refractivity contribution in [3.05, 3.63) is 0 Å². The third-order valence-electron chi connectivity index (χ3n) is 4.42. The van der Waals surface area contributed by atoms with E-state index < -0.39 is 15.4 Å². The molecule has 2 unspecified atom stereocenters. The van der Waals surface area contributed by atoms with E-state index in [1.54, 1.807) is 4.90 Å². The molecule has 2 atom stereocenters. The van der Waals surface area contributed by atoms with Crippen LogP contribution in [0.3, 0.4) is 0 Å². The third kappa shape index (κ3) is 4.09. The fourth-order valence-corrected chi connectivity index (χ4v) is 4.41. The number of halogens is 1. The molecule has 2 aliphatic rings. The molecule has 20 heavy (non-hydrogen) atoms. The lowest BCUT2D eigenvalue weighted by Crippen LogP contribution is -2.54. The Morgan fingerprint density at radius 1 is 1.20 bits per heavy atom. The molecule has 2 N–H and O–H groups in total. The Bertz CT molecular complexity index is 451. The maximum absolute atomic E-state index is 12.6. The van der Waals surface area contributed by atoms with Gasteiger partial charge in [-0.05, 0) is 26.2 Å². The summed E-state index contributed by atoms with van der Waals surface area (Å²) >= 11 is 0. The van der Waals surface area contributed by atoms with Crippen LogP contribution < -0.4 is 5.73 Å². The van der Waals surface area contributed by atoms with Crippen LogP contribution in [0.4, 0.5) is 0 Å². The van der Waals surface area contributed by atoms with Gasteiger partial charge in [0.1, 0.15) is 0 Å². The van der Waals surface area contributed by atoms with Gasteiger partial charge in [0.2, 0.25) is 5.91 Å². The third-order valence-corrected chi connectivity index (χ3v) is 6.13. The zero-order valence-electron chi connectivity index (χ0n) is 12.0. The molecule has 0 aromatic rings. The first-order valence-corrected chi connectivity index (χ1v) is 8.92. The Balaban J connectivity index is 0.00000200. The Morgan fingerprint density at radius 2 is 1.90 bits per heavy atom. The Kier molecular flexibility index (Phi) is 5.87. The van der Waals surface area contributed by atoms with E-state index in [2.05, 4.69) is 0 Å². The predicted molar refractivity (Wildman–Crippen MR) is 81.6 cm³/mol. The van der Waals surface area contributed by atoms with Crippen molar-refractivity contribution in [3.63, 3.8) is 0 Å². The van der Waals surface area contributed by atoms with Crippen LogP contribution in [0.2, 0.25) is 0 Å². The van der Waals surface area contributed by atoms with Crippen molar-refractivity contribution in [3.8, 4) is 0 Å². The van der Waals surface area contributed by atoms with Crippen LogP contribution >= 0.6 is 12.4 Å². The first kappa shape index (κ1) is 17.7. The highest BCUT2D eigenvalue weighted by Crippen LogP contribution is 2.33. The van der Waals surface area contributed by atoms with Crippen molar-refractivity contribution in [1.82, 2.24) is 4.90 Å². The summed E-state index contributed by atoms with van der Waals surface area (Å²) in [4.78, 5) is 14.3. The Labute approximate surface area is 127 Å². The minimum Gasteiger partial charge on any atom is -0.341 e. The number of hydrogen-bond acceptors (Lipinski definition) is 4. The van der Waals surface area contributed by atoms with E-state index in [0.29, 0.717) is 19.5 Å². The minimum absolute atomic E-state index is 0. The van der Waals surface area contributed by atoms with Gasteiger partial charge >= 0.3 is 0 Å². The molecule has 0 bridgehead atoms. The van der Waals surface area contributed by atoms with Gasteiger partial charge in [-0.25, -0.2) is 8.42 Å². The van der Waals surface area contributed by atoms with Crippen LogP contribution in [0.25, 0.3) is 0 Å². The van der Waals surface area contributed by atoms with Crippen molar-refractivity contribution >= 4 is 28.2 Å². The van der Waals surface area contributed by atoms with E-state index in [1.165, 1.54) is 0 Å². The van der Waals surface area contributed by atoms with Crippen molar-refractivity contribution in [2.45, 2.75) is 44.6 Å². The standard InChI is InChI=1S/C13H24N2O3S.ClH/c1-13(14)6-3-2-5-11(13)12(16)15-7-4-9-19(17,18)10-8-15;/h11H,2-10,14H2,1H3;1H. The number of carbonyl (C=O) groups excluding carboxylic acids is 1. The van der Waals surface area contributed by atoms with Gasteiger partial charge in [-0.2, -0.15) is 0 Å². The highest BCUT2D eigenvalue weighted by molar-refractivity contribution is 7.91. The largest absolute Gasteiger partial charge is 0.341 e. The predicted octanol–water partition coefficient (Wildman–Crippen LogP) is 0.963. The van der Waals surface area contributed by atoms with Crippen molar-refractivity contribution < 1.29 is 13.2 Å². The average molecular weight is 325 g/mol. The lowest BCUT2D eigenvalue weighted by molar-refractivity contribution is -0.138. The zero-order valence-corrected chi connectivity index (χ0v) is 13.6. The van der Waals surface area contributed by atoms with Crippen molar-refractivity contribution in [2.24, 2.45) is 11.7 Å². The summed E-state index contributed by atoms with van der Waals surface area (Å²) in [6, 6.07) is 0. The molecule has 118 valence electrons. The second kappa shape index (κ2) is 6.62. The summed E-state index contributed by atoms with van der Waals surface area (Å²) < 4.78 is 23.2. The molecular formula is C13H25ClN2O3S. The normalized spacial score (nSPS) is 33.9. The molecule has 0 aromatic carbocycles. The van der Waals surface area contributed by atoms with Crippen LogP contribution in [0.5, 0.6) is 0 Å². The first-order valence-electron chi connectivity index (χ1n) is 7.10. The molecule has 2 rings (SSSR count). The fraction of sp³-hybridized carbons (Fsp3) is 0.923. The lowest BCUT2D eigenvalue weighted by atomic mass is 9.74. The molecule has 1 aliphatic heterocycles. The number of nitrogens with zero attached hydrogens (tertiary/aromatic N) is 1. The number of hydrogen-bond donors (Lipinski definition) is 1. The average Bonchev–Trinajstić information content (AvgIpc) is 2.49. The maximum Gasteiger partial charge on any atom is 0.227 e. The molecule has 0 radical (unpaired) electrons. The van der Waals surface area contributed by atoms with Gasteiger partial charge in [0, 0.05) is 18.6 Å². The van der Waals surface area contributed by atoms with E-state index in [1.807, 2.05) is 6.92 Å². The maximum atomic E-state index is 12.6. The smallest absolute Gasteiger partial charge is 0.227 e.